The predicted octanol–water partition coefficient (Wildman–Crippen LogP) is 2.13. The van der Waals surface area contributed by atoms with Crippen LogP contribution >= 0.6 is 11.6 Å². The Kier molecular flexibility index (Phi) is 4.82. The minimum atomic E-state index is -3.66. The molecule has 0 aliphatic heterocycles. The maximum absolute atomic E-state index is 12.3. The van der Waals surface area contributed by atoms with Crippen LogP contribution in [0.2, 0.25) is 5.02 Å². The van der Waals surface area contributed by atoms with Gasteiger partial charge in [-0.3, -0.25) is 0 Å². The van der Waals surface area contributed by atoms with E-state index < -0.39 is 10.0 Å². The Labute approximate surface area is 123 Å². The van der Waals surface area contributed by atoms with Crippen molar-refractivity contribution in [3.8, 4) is 0 Å². The van der Waals surface area contributed by atoms with Gasteiger partial charge in [-0.2, -0.15) is 0 Å². The van der Waals surface area contributed by atoms with Gasteiger partial charge in [0.2, 0.25) is 10.0 Å². The molecule has 1 heterocycles. The largest absolute Gasteiger partial charge is 0.472 e. The summed E-state index contributed by atoms with van der Waals surface area (Å²) in [5.74, 6) is 0. The zero-order valence-electron chi connectivity index (χ0n) is 10.9. The van der Waals surface area contributed by atoms with Crippen molar-refractivity contribution in [2.75, 3.05) is 7.05 Å². The molecule has 5 nitrogen and oxygen atoms in total. The molecule has 0 spiro atoms. The van der Waals surface area contributed by atoms with Crippen LogP contribution in [0, 0.1) is 0 Å². The van der Waals surface area contributed by atoms with Crippen molar-refractivity contribution in [3.05, 3.63) is 52.9 Å². The molecular weight excluding hydrogens is 300 g/mol. The van der Waals surface area contributed by atoms with Gasteiger partial charge in [0.05, 0.1) is 17.5 Å². The second kappa shape index (κ2) is 6.41. The first-order valence-corrected chi connectivity index (χ1v) is 7.83. The van der Waals surface area contributed by atoms with Crippen molar-refractivity contribution in [1.29, 1.82) is 0 Å². The van der Waals surface area contributed by atoms with Crippen LogP contribution in [0.1, 0.15) is 11.1 Å². The maximum atomic E-state index is 12.3. The molecule has 2 aromatic rings. The van der Waals surface area contributed by atoms with E-state index in [0.29, 0.717) is 6.54 Å². The van der Waals surface area contributed by atoms with Crippen LogP contribution in [0.15, 0.2) is 46.1 Å². The van der Waals surface area contributed by atoms with Crippen LogP contribution < -0.4 is 10.0 Å². The van der Waals surface area contributed by atoms with Gasteiger partial charge < -0.3 is 9.73 Å². The summed E-state index contributed by atoms with van der Waals surface area (Å²) in [5, 5.41) is 3.16. The minimum Gasteiger partial charge on any atom is -0.472 e. The Morgan fingerprint density at radius 2 is 2.00 bits per heavy atom. The second-order valence-corrected chi connectivity index (χ2v) is 6.39. The molecule has 0 fully saturated rings. The third-order valence-electron chi connectivity index (χ3n) is 2.71. The number of furan rings is 1. The van der Waals surface area contributed by atoms with Gasteiger partial charge in [-0.25, -0.2) is 13.1 Å². The maximum Gasteiger partial charge on any atom is 0.242 e. The normalized spacial score (nSPS) is 11.7. The molecule has 0 aliphatic rings. The van der Waals surface area contributed by atoms with Crippen LogP contribution in [-0.4, -0.2) is 15.5 Å². The Hall–Kier alpha value is -1.34. The van der Waals surface area contributed by atoms with Crippen LogP contribution in [-0.2, 0) is 23.1 Å². The van der Waals surface area contributed by atoms with E-state index in [0.717, 1.165) is 11.1 Å². The zero-order valence-corrected chi connectivity index (χ0v) is 12.5. The highest BCUT2D eigenvalue weighted by Crippen LogP contribution is 2.22. The number of nitrogens with one attached hydrogen (secondary N) is 2. The monoisotopic (exact) mass is 314 g/mol. The van der Waals surface area contributed by atoms with Gasteiger partial charge in [0.1, 0.15) is 4.90 Å². The smallest absolute Gasteiger partial charge is 0.242 e. The van der Waals surface area contributed by atoms with E-state index >= 15 is 0 Å². The molecule has 7 heteroatoms. The number of halogens is 1. The van der Waals surface area contributed by atoms with Crippen molar-refractivity contribution in [1.82, 2.24) is 10.0 Å². The molecule has 0 amide bonds. The lowest BCUT2D eigenvalue weighted by molar-refractivity contribution is 0.561. The van der Waals surface area contributed by atoms with Gasteiger partial charge in [0, 0.05) is 18.7 Å². The van der Waals surface area contributed by atoms with Gasteiger partial charge >= 0.3 is 0 Å². The molecule has 1 aromatic carbocycles. The molecule has 20 heavy (non-hydrogen) atoms. The van der Waals surface area contributed by atoms with E-state index in [1.54, 1.807) is 31.3 Å². The van der Waals surface area contributed by atoms with Crippen LogP contribution in [0.25, 0.3) is 0 Å². The molecular formula is C13H15ClN2O3S. The number of hydrogen-bond donors (Lipinski definition) is 2. The molecule has 108 valence electrons. The lowest BCUT2D eigenvalue weighted by Crippen LogP contribution is -2.23. The quantitative estimate of drug-likeness (QED) is 0.857. The number of rotatable bonds is 6. The minimum absolute atomic E-state index is 0.0791. The average Bonchev–Trinajstić information content (AvgIpc) is 2.92. The van der Waals surface area contributed by atoms with E-state index in [1.807, 2.05) is 0 Å². The van der Waals surface area contributed by atoms with E-state index in [9.17, 15) is 8.42 Å². The number of sulfonamides is 1. The third-order valence-corrected chi connectivity index (χ3v) is 4.60. The molecule has 0 bridgehead atoms. The highest BCUT2D eigenvalue weighted by molar-refractivity contribution is 7.89. The molecule has 0 atom stereocenters. The highest BCUT2D eigenvalue weighted by Gasteiger charge is 2.18. The summed E-state index contributed by atoms with van der Waals surface area (Å²) < 4.78 is 31.9. The number of hydrogen-bond acceptors (Lipinski definition) is 4. The molecule has 0 radical (unpaired) electrons. The molecule has 2 rings (SSSR count). The van der Waals surface area contributed by atoms with Crippen molar-refractivity contribution < 1.29 is 12.8 Å². The van der Waals surface area contributed by atoms with Crippen molar-refractivity contribution >= 4 is 21.6 Å². The fourth-order valence-electron chi connectivity index (χ4n) is 1.72. The first kappa shape index (κ1) is 15.1. The molecule has 0 saturated heterocycles. The fourth-order valence-corrected chi connectivity index (χ4v) is 3.28. The van der Waals surface area contributed by atoms with E-state index in [-0.39, 0.29) is 16.5 Å². The van der Waals surface area contributed by atoms with E-state index in [1.165, 1.54) is 12.5 Å². The fraction of sp³-hybridized carbons (Fsp3) is 0.231. The van der Waals surface area contributed by atoms with Crippen molar-refractivity contribution in [2.24, 2.45) is 0 Å². The predicted molar refractivity (Wildman–Crippen MR) is 76.9 cm³/mol. The Balaban J connectivity index is 2.21. The summed E-state index contributed by atoms with van der Waals surface area (Å²) in [4.78, 5) is 0.0791. The zero-order chi connectivity index (χ0) is 14.6. The molecule has 0 aliphatic carbocycles. The topological polar surface area (TPSA) is 71.3 Å². The Morgan fingerprint density at radius 1 is 1.20 bits per heavy atom. The van der Waals surface area contributed by atoms with E-state index in [4.69, 9.17) is 16.0 Å². The van der Waals surface area contributed by atoms with E-state index in [2.05, 4.69) is 10.0 Å². The SMILES string of the molecule is CNCc1ccc(Cl)c(S(=O)(=O)NCc2ccoc2)c1. The van der Waals surface area contributed by atoms with Gasteiger partial charge in [0.25, 0.3) is 0 Å². The summed E-state index contributed by atoms with van der Waals surface area (Å²) in [6.07, 6.45) is 2.98. The second-order valence-electron chi connectivity index (χ2n) is 4.25. The van der Waals surface area contributed by atoms with Gasteiger partial charge in [-0.15, -0.1) is 0 Å². The third kappa shape index (κ3) is 3.61. The lowest BCUT2D eigenvalue weighted by Gasteiger charge is -2.09. The Morgan fingerprint density at radius 3 is 2.65 bits per heavy atom. The van der Waals surface area contributed by atoms with Gasteiger partial charge in [0.15, 0.2) is 0 Å². The molecule has 1 aromatic heterocycles. The molecule has 2 N–H and O–H groups in total. The number of benzene rings is 1. The van der Waals surface area contributed by atoms with Crippen LogP contribution in [0.3, 0.4) is 0 Å². The average molecular weight is 315 g/mol. The summed E-state index contributed by atoms with van der Waals surface area (Å²) in [7, 11) is -1.87. The lowest BCUT2D eigenvalue weighted by atomic mass is 10.2. The summed E-state index contributed by atoms with van der Waals surface area (Å²) >= 11 is 5.98. The van der Waals surface area contributed by atoms with Gasteiger partial charge in [-0.05, 0) is 30.8 Å². The van der Waals surface area contributed by atoms with Crippen molar-refractivity contribution in [2.45, 2.75) is 18.0 Å². The van der Waals surface area contributed by atoms with Gasteiger partial charge in [-0.1, -0.05) is 17.7 Å². The van der Waals surface area contributed by atoms with Crippen LogP contribution in [0.5, 0.6) is 0 Å². The summed E-state index contributed by atoms with van der Waals surface area (Å²) in [6.45, 7) is 0.729. The summed E-state index contributed by atoms with van der Waals surface area (Å²) in [5.41, 5.74) is 1.59. The van der Waals surface area contributed by atoms with Crippen LogP contribution in [0.4, 0.5) is 0 Å². The molecule has 0 unspecified atom stereocenters. The van der Waals surface area contributed by atoms with Crippen molar-refractivity contribution in [3.63, 3.8) is 0 Å². The highest BCUT2D eigenvalue weighted by atomic mass is 35.5. The molecule has 0 saturated carbocycles. The Bertz CT molecular complexity index is 669. The standard InChI is InChI=1S/C13H15ClN2O3S/c1-15-7-10-2-3-12(14)13(6-10)20(17,18)16-8-11-4-5-19-9-11/h2-6,9,15-16H,7-8H2,1H3. The summed E-state index contributed by atoms with van der Waals surface area (Å²) in [6, 6.07) is 6.63. The first-order valence-electron chi connectivity index (χ1n) is 5.96. The first-order chi connectivity index (χ1) is 9.53.